The van der Waals surface area contributed by atoms with Crippen molar-refractivity contribution in [3.8, 4) is 0 Å². The maximum atomic E-state index is 11.0. The Bertz CT molecular complexity index is 267. The summed E-state index contributed by atoms with van der Waals surface area (Å²) in [7, 11) is 1.46. The maximum absolute atomic E-state index is 11.0. The predicted octanol–water partition coefficient (Wildman–Crippen LogP) is 2.89. The second-order valence-electron chi connectivity index (χ2n) is 5.95. The molecule has 2 aliphatic rings. The molecule has 0 aromatic rings. The van der Waals surface area contributed by atoms with Crippen LogP contribution < -0.4 is 5.32 Å². The average molecular weight is 253 g/mol. The highest BCUT2D eigenvalue weighted by Gasteiger charge is 2.31. The molecule has 0 aromatic carbocycles. The molecule has 2 saturated carbocycles. The van der Waals surface area contributed by atoms with Crippen molar-refractivity contribution in [2.24, 2.45) is 11.8 Å². The molecule has 3 atom stereocenters. The van der Waals surface area contributed by atoms with Crippen molar-refractivity contribution in [3.63, 3.8) is 0 Å². The van der Waals surface area contributed by atoms with Gasteiger partial charge in [-0.1, -0.05) is 25.7 Å². The molecule has 3 heteroatoms. The number of esters is 1. The number of nitrogens with one attached hydrogen (secondary N) is 1. The van der Waals surface area contributed by atoms with Gasteiger partial charge in [-0.15, -0.1) is 0 Å². The van der Waals surface area contributed by atoms with Crippen molar-refractivity contribution in [3.05, 3.63) is 0 Å². The topological polar surface area (TPSA) is 38.3 Å². The lowest BCUT2D eigenvalue weighted by Crippen LogP contribution is -2.39. The standard InChI is InChI=1S/C15H27NO2/c1-18-15(17)7-4-10-16-14-9-8-12-5-2-3-6-13(12)11-14/h12-14,16H,2-11H2,1H3. The quantitative estimate of drug-likeness (QED) is 0.605. The van der Waals surface area contributed by atoms with Crippen LogP contribution in [0.15, 0.2) is 0 Å². The van der Waals surface area contributed by atoms with Crippen LogP contribution in [0, 0.1) is 11.8 Å². The van der Waals surface area contributed by atoms with Crippen molar-refractivity contribution < 1.29 is 9.53 Å². The zero-order chi connectivity index (χ0) is 12.8. The fourth-order valence-corrected chi connectivity index (χ4v) is 3.70. The molecule has 0 amide bonds. The summed E-state index contributed by atoms with van der Waals surface area (Å²) < 4.78 is 4.65. The van der Waals surface area contributed by atoms with E-state index in [1.807, 2.05) is 0 Å². The Morgan fingerprint density at radius 2 is 1.94 bits per heavy atom. The SMILES string of the molecule is COC(=O)CCCNC1CCC2CCCCC2C1. The van der Waals surface area contributed by atoms with Crippen LogP contribution in [0.5, 0.6) is 0 Å². The number of rotatable bonds is 5. The Balaban J connectivity index is 1.61. The lowest BCUT2D eigenvalue weighted by Gasteiger charge is -2.39. The molecular formula is C15H27NO2. The molecule has 0 aliphatic heterocycles. The summed E-state index contributed by atoms with van der Waals surface area (Å²) in [6.45, 7) is 0.956. The number of ether oxygens (including phenoxy) is 1. The van der Waals surface area contributed by atoms with Gasteiger partial charge in [0.1, 0.15) is 0 Å². The molecule has 104 valence electrons. The van der Waals surface area contributed by atoms with Gasteiger partial charge >= 0.3 is 5.97 Å². The van der Waals surface area contributed by atoms with Crippen molar-refractivity contribution >= 4 is 5.97 Å². The van der Waals surface area contributed by atoms with Gasteiger partial charge in [0.05, 0.1) is 7.11 Å². The molecule has 0 saturated heterocycles. The number of hydrogen-bond acceptors (Lipinski definition) is 3. The molecule has 2 aliphatic carbocycles. The molecule has 18 heavy (non-hydrogen) atoms. The van der Waals surface area contributed by atoms with E-state index in [1.165, 1.54) is 52.1 Å². The van der Waals surface area contributed by atoms with Crippen LogP contribution >= 0.6 is 0 Å². The third kappa shape index (κ3) is 3.98. The first-order valence-corrected chi connectivity index (χ1v) is 7.60. The second kappa shape index (κ2) is 7.13. The van der Waals surface area contributed by atoms with Crippen molar-refractivity contribution in [2.45, 2.75) is 63.8 Å². The van der Waals surface area contributed by atoms with Crippen LogP contribution in [0.2, 0.25) is 0 Å². The van der Waals surface area contributed by atoms with E-state index in [9.17, 15) is 4.79 Å². The molecule has 0 radical (unpaired) electrons. The van der Waals surface area contributed by atoms with Crippen LogP contribution in [0.25, 0.3) is 0 Å². The Hall–Kier alpha value is -0.570. The van der Waals surface area contributed by atoms with Crippen molar-refractivity contribution in [1.82, 2.24) is 5.32 Å². The molecule has 2 fully saturated rings. The van der Waals surface area contributed by atoms with Gasteiger partial charge in [0, 0.05) is 12.5 Å². The first-order valence-electron chi connectivity index (χ1n) is 7.60. The Labute approximate surface area is 111 Å². The van der Waals surface area contributed by atoms with Crippen LogP contribution in [0.4, 0.5) is 0 Å². The van der Waals surface area contributed by atoms with Crippen molar-refractivity contribution in [2.75, 3.05) is 13.7 Å². The number of fused-ring (bicyclic) bond motifs is 1. The van der Waals surface area contributed by atoms with Gasteiger partial charge in [0.15, 0.2) is 0 Å². The number of carbonyl (C=O) groups is 1. The lowest BCUT2D eigenvalue weighted by molar-refractivity contribution is -0.140. The second-order valence-corrected chi connectivity index (χ2v) is 5.95. The Kier molecular flexibility index (Phi) is 5.48. The molecule has 0 bridgehead atoms. The van der Waals surface area contributed by atoms with Gasteiger partial charge in [-0.05, 0) is 44.1 Å². The molecule has 3 unspecified atom stereocenters. The van der Waals surface area contributed by atoms with E-state index in [1.54, 1.807) is 0 Å². The van der Waals surface area contributed by atoms with Crippen LogP contribution in [-0.4, -0.2) is 25.7 Å². The molecule has 1 N–H and O–H groups in total. The van der Waals surface area contributed by atoms with E-state index < -0.39 is 0 Å². The fraction of sp³-hybridized carbons (Fsp3) is 0.933. The number of carbonyl (C=O) groups excluding carboxylic acids is 1. The summed E-state index contributed by atoms with van der Waals surface area (Å²) in [5, 5.41) is 3.63. The Morgan fingerprint density at radius 3 is 2.72 bits per heavy atom. The van der Waals surface area contributed by atoms with Crippen LogP contribution in [-0.2, 0) is 9.53 Å². The first-order chi connectivity index (χ1) is 8.79. The van der Waals surface area contributed by atoms with Gasteiger partial charge in [-0.3, -0.25) is 4.79 Å². The third-order valence-electron chi connectivity index (χ3n) is 4.76. The van der Waals surface area contributed by atoms with Gasteiger partial charge in [0.2, 0.25) is 0 Å². The van der Waals surface area contributed by atoms with E-state index in [2.05, 4.69) is 10.1 Å². The summed E-state index contributed by atoms with van der Waals surface area (Å²) in [5.41, 5.74) is 0. The van der Waals surface area contributed by atoms with E-state index in [0.717, 1.165) is 24.8 Å². The highest BCUT2D eigenvalue weighted by Crippen LogP contribution is 2.40. The van der Waals surface area contributed by atoms with E-state index in [4.69, 9.17) is 0 Å². The summed E-state index contributed by atoms with van der Waals surface area (Å²) in [6, 6.07) is 0.696. The first kappa shape index (κ1) is 13.9. The average Bonchev–Trinajstić information content (AvgIpc) is 2.43. The minimum atomic E-state index is -0.0900. The zero-order valence-corrected chi connectivity index (χ0v) is 11.6. The zero-order valence-electron chi connectivity index (χ0n) is 11.6. The van der Waals surface area contributed by atoms with E-state index >= 15 is 0 Å². The minimum Gasteiger partial charge on any atom is -0.469 e. The molecular weight excluding hydrogens is 226 g/mol. The van der Waals surface area contributed by atoms with Gasteiger partial charge in [0.25, 0.3) is 0 Å². The van der Waals surface area contributed by atoms with Crippen molar-refractivity contribution in [1.29, 1.82) is 0 Å². The number of methoxy groups -OCH3 is 1. The fourth-order valence-electron chi connectivity index (χ4n) is 3.70. The predicted molar refractivity (Wildman–Crippen MR) is 72.3 cm³/mol. The molecule has 0 spiro atoms. The largest absolute Gasteiger partial charge is 0.469 e. The molecule has 3 nitrogen and oxygen atoms in total. The highest BCUT2D eigenvalue weighted by molar-refractivity contribution is 5.69. The highest BCUT2D eigenvalue weighted by atomic mass is 16.5. The summed E-state index contributed by atoms with van der Waals surface area (Å²) in [5.74, 6) is 1.91. The minimum absolute atomic E-state index is 0.0900. The Morgan fingerprint density at radius 1 is 1.17 bits per heavy atom. The van der Waals surface area contributed by atoms with Gasteiger partial charge in [-0.2, -0.15) is 0 Å². The third-order valence-corrected chi connectivity index (χ3v) is 4.76. The normalized spacial score (nSPS) is 31.7. The lowest BCUT2D eigenvalue weighted by atomic mass is 9.69. The maximum Gasteiger partial charge on any atom is 0.305 e. The molecule has 0 heterocycles. The summed E-state index contributed by atoms with van der Waals surface area (Å²) in [4.78, 5) is 11.0. The smallest absolute Gasteiger partial charge is 0.305 e. The number of hydrogen-bond donors (Lipinski definition) is 1. The molecule has 0 aromatic heterocycles. The van der Waals surface area contributed by atoms with E-state index in [0.29, 0.717) is 12.5 Å². The summed E-state index contributed by atoms with van der Waals surface area (Å²) in [6.07, 6.45) is 11.4. The van der Waals surface area contributed by atoms with Gasteiger partial charge in [-0.25, -0.2) is 0 Å². The monoisotopic (exact) mass is 253 g/mol. The van der Waals surface area contributed by atoms with E-state index in [-0.39, 0.29) is 5.97 Å². The summed E-state index contributed by atoms with van der Waals surface area (Å²) >= 11 is 0. The van der Waals surface area contributed by atoms with Crippen LogP contribution in [0.3, 0.4) is 0 Å². The molecule has 2 rings (SSSR count). The van der Waals surface area contributed by atoms with Crippen LogP contribution in [0.1, 0.15) is 57.8 Å². The van der Waals surface area contributed by atoms with Gasteiger partial charge < -0.3 is 10.1 Å².